The highest BCUT2D eigenvalue weighted by Gasteiger charge is 2.32. The minimum absolute atomic E-state index is 0.0644. The number of hydrogen-bond donors (Lipinski definition) is 0. The third-order valence-electron chi connectivity index (χ3n) is 5.98. The summed E-state index contributed by atoms with van der Waals surface area (Å²) in [7, 11) is 0. The van der Waals surface area contributed by atoms with Crippen molar-refractivity contribution >= 4 is 17.4 Å². The molecule has 5 heterocycles. The number of aromatic nitrogens is 4. The van der Waals surface area contributed by atoms with Crippen LogP contribution in [0.3, 0.4) is 0 Å². The van der Waals surface area contributed by atoms with Crippen molar-refractivity contribution in [1.29, 1.82) is 0 Å². The van der Waals surface area contributed by atoms with Crippen LogP contribution in [-0.4, -0.2) is 50.2 Å². The van der Waals surface area contributed by atoms with E-state index in [0.29, 0.717) is 18.0 Å². The number of aryl methyl sites for hydroxylation is 2. The van der Waals surface area contributed by atoms with Crippen LogP contribution >= 0.6 is 0 Å². The minimum Gasteiger partial charge on any atom is -0.361 e. The molecule has 5 rings (SSSR count). The average Bonchev–Trinajstić information content (AvgIpc) is 3.47. The average molecular weight is 394 g/mol. The highest BCUT2D eigenvalue weighted by atomic mass is 16.5. The summed E-state index contributed by atoms with van der Waals surface area (Å²) >= 11 is 0. The van der Waals surface area contributed by atoms with E-state index in [1.165, 1.54) is 12.8 Å². The molecular formula is C21H26N6O2. The molecule has 2 aliphatic heterocycles. The number of piperidine rings is 1. The lowest BCUT2D eigenvalue weighted by atomic mass is 9.99. The summed E-state index contributed by atoms with van der Waals surface area (Å²) < 4.78 is 6.96. The van der Waals surface area contributed by atoms with E-state index < -0.39 is 0 Å². The Labute approximate surface area is 169 Å². The standard InChI is InChI=1S/C21H26N6O2/c1-14-13-27-19(22-20(14)25-8-5-6-9-25)12-16(23-27)18-7-3-4-10-26(18)21(28)17-11-15(2)29-24-17/h11-13,18H,3-10H2,1-2H3/t18-/m0/s1. The first-order valence-corrected chi connectivity index (χ1v) is 10.5. The largest absolute Gasteiger partial charge is 0.361 e. The van der Waals surface area contributed by atoms with Crippen LogP contribution < -0.4 is 4.90 Å². The van der Waals surface area contributed by atoms with Crippen molar-refractivity contribution < 1.29 is 9.32 Å². The Morgan fingerprint density at radius 1 is 1.10 bits per heavy atom. The fourth-order valence-corrected chi connectivity index (χ4v) is 4.53. The second kappa shape index (κ2) is 7.17. The number of amides is 1. The maximum atomic E-state index is 13.0. The Morgan fingerprint density at radius 3 is 2.66 bits per heavy atom. The van der Waals surface area contributed by atoms with Gasteiger partial charge in [-0.05, 0) is 46.0 Å². The zero-order valence-corrected chi connectivity index (χ0v) is 17.0. The van der Waals surface area contributed by atoms with Crippen LogP contribution in [0.4, 0.5) is 5.82 Å². The lowest BCUT2D eigenvalue weighted by molar-refractivity contribution is 0.0595. The van der Waals surface area contributed by atoms with Crippen molar-refractivity contribution in [1.82, 2.24) is 24.7 Å². The van der Waals surface area contributed by atoms with Crippen molar-refractivity contribution in [3.8, 4) is 0 Å². The number of anilines is 1. The summed E-state index contributed by atoms with van der Waals surface area (Å²) in [5, 5.41) is 8.71. The molecule has 0 aliphatic carbocycles. The fourth-order valence-electron chi connectivity index (χ4n) is 4.53. The quantitative estimate of drug-likeness (QED) is 0.678. The molecule has 0 unspecified atom stereocenters. The number of nitrogens with zero attached hydrogens (tertiary/aromatic N) is 6. The molecule has 3 aromatic rings. The molecule has 0 saturated carbocycles. The molecule has 0 radical (unpaired) electrons. The zero-order chi connectivity index (χ0) is 20.0. The van der Waals surface area contributed by atoms with E-state index in [2.05, 4.69) is 23.2 Å². The third-order valence-corrected chi connectivity index (χ3v) is 5.98. The van der Waals surface area contributed by atoms with Crippen molar-refractivity contribution in [3.63, 3.8) is 0 Å². The van der Waals surface area contributed by atoms with E-state index in [1.54, 1.807) is 13.0 Å². The third kappa shape index (κ3) is 3.26. The van der Waals surface area contributed by atoms with Gasteiger partial charge in [0.25, 0.3) is 5.91 Å². The zero-order valence-electron chi connectivity index (χ0n) is 17.0. The van der Waals surface area contributed by atoms with E-state index in [0.717, 1.165) is 55.1 Å². The SMILES string of the molecule is Cc1cc(C(=O)N2CCCC[C@H]2c2cc3nc(N4CCCC4)c(C)cn3n2)no1. The molecule has 2 aliphatic rings. The Balaban J connectivity index is 1.48. The number of fused-ring (bicyclic) bond motifs is 1. The topological polar surface area (TPSA) is 79.8 Å². The number of hydrogen-bond acceptors (Lipinski definition) is 6. The first-order valence-electron chi connectivity index (χ1n) is 10.5. The molecule has 1 atom stereocenters. The number of carbonyl (C=O) groups excluding carboxylic acids is 1. The van der Waals surface area contributed by atoms with Gasteiger partial charge in [-0.3, -0.25) is 4.79 Å². The maximum absolute atomic E-state index is 13.0. The van der Waals surface area contributed by atoms with Crippen molar-refractivity contribution in [2.45, 2.75) is 52.0 Å². The van der Waals surface area contributed by atoms with Gasteiger partial charge in [-0.25, -0.2) is 9.50 Å². The van der Waals surface area contributed by atoms with Crippen LogP contribution in [0.15, 0.2) is 22.9 Å². The summed E-state index contributed by atoms with van der Waals surface area (Å²) in [4.78, 5) is 22.2. The van der Waals surface area contributed by atoms with Gasteiger partial charge in [-0.15, -0.1) is 0 Å². The van der Waals surface area contributed by atoms with Gasteiger partial charge >= 0.3 is 0 Å². The Bertz CT molecular complexity index is 1050. The second-order valence-electron chi connectivity index (χ2n) is 8.15. The molecule has 0 bridgehead atoms. The summed E-state index contributed by atoms with van der Waals surface area (Å²) in [6, 6.07) is 3.67. The van der Waals surface area contributed by atoms with Gasteiger partial charge in [0, 0.05) is 43.5 Å². The van der Waals surface area contributed by atoms with Gasteiger partial charge in [0.05, 0.1) is 11.7 Å². The molecule has 8 heteroatoms. The smallest absolute Gasteiger partial charge is 0.276 e. The summed E-state index contributed by atoms with van der Waals surface area (Å²) in [5.74, 6) is 1.60. The van der Waals surface area contributed by atoms with Crippen molar-refractivity contribution in [2.24, 2.45) is 0 Å². The van der Waals surface area contributed by atoms with Gasteiger partial charge in [-0.1, -0.05) is 5.16 Å². The monoisotopic (exact) mass is 394 g/mol. The molecule has 2 saturated heterocycles. The van der Waals surface area contributed by atoms with Crippen LogP contribution in [0.5, 0.6) is 0 Å². The maximum Gasteiger partial charge on any atom is 0.276 e. The first-order chi connectivity index (χ1) is 14.1. The van der Waals surface area contributed by atoms with Gasteiger partial charge in [-0.2, -0.15) is 5.10 Å². The summed E-state index contributed by atoms with van der Waals surface area (Å²) in [6.07, 6.45) is 7.45. The fraction of sp³-hybridized carbons (Fsp3) is 0.524. The Kier molecular flexibility index (Phi) is 4.49. The van der Waals surface area contributed by atoms with Crippen LogP contribution in [-0.2, 0) is 0 Å². The van der Waals surface area contributed by atoms with E-state index in [-0.39, 0.29) is 11.9 Å². The highest BCUT2D eigenvalue weighted by molar-refractivity contribution is 5.92. The number of carbonyl (C=O) groups is 1. The summed E-state index contributed by atoms with van der Waals surface area (Å²) in [5.41, 5.74) is 3.22. The molecule has 8 nitrogen and oxygen atoms in total. The Hall–Kier alpha value is -2.90. The molecule has 0 N–H and O–H groups in total. The van der Waals surface area contributed by atoms with Crippen LogP contribution in [0.25, 0.3) is 5.65 Å². The van der Waals surface area contributed by atoms with E-state index in [9.17, 15) is 4.79 Å². The number of rotatable bonds is 3. The van der Waals surface area contributed by atoms with Crippen molar-refractivity contribution in [2.75, 3.05) is 24.5 Å². The highest BCUT2D eigenvalue weighted by Crippen LogP contribution is 2.32. The number of likely N-dealkylation sites (tertiary alicyclic amines) is 1. The van der Waals surface area contributed by atoms with E-state index >= 15 is 0 Å². The second-order valence-corrected chi connectivity index (χ2v) is 8.15. The molecule has 0 aromatic carbocycles. The van der Waals surface area contributed by atoms with Crippen LogP contribution in [0.1, 0.15) is 65.7 Å². The molecule has 0 spiro atoms. The van der Waals surface area contributed by atoms with Gasteiger partial charge in [0.1, 0.15) is 11.6 Å². The van der Waals surface area contributed by atoms with Crippen LogP contribution in [0.2, 0.25) is 0 Å². The lowest BCUT2D eigenvalue weighted by Gasteiger charge is -2.34. The molecular weight excluding hydrogens is 368 g/mol. The van der Waals surface area contributed by atoms with E-state index in [4.69, 9.17) is 14.6 Å². The Morgan fingerprint density at radius 2 is 1.90 bits per heavy atom. The molecule has 1 amide bonds. The van der Waals surface area contributed by atoms with Crippen LogP contribution in [0, 0.1) is 13.8 Å². The molecule has 152 valence electrons. The summed E-state index contributed by atoms with van der Waals surface area (Å²) in [6.45, 7) is 6.71. The van der Waals surface area contributed by atoms with Gasteiger partial charge in [0.2, 0.25) is 0 Å². The predicted molar refractivity (Wildman–Crippen MR) is 108 cm³/mol. The normalized spacial score (nSPS) is 20.0. The van der Waals surface area contributed by atoms with Gasteiger partial charge < -0.3 is 14.3 Å². The molecule has 29 heavy (non-hydrogen) atoms. The minimum atomic E-state index is -0.0921. The van der Waals surface area contributed by atoms with Crippen molar-refractivity contribution in [3.05, 3.63) is 41.0 Å². The lowest BCUT2D eigenvalue weighted by Crippen LogP contribution is -2.38. The predicted octanol–water partition coefficient (Wildman–Crippen LogP) is 3.30. The molecule has 2 fully saturated rings. The molecule has 3 aromatic heterocycles. The first kappa shape index (κ1) is 18.1. The van der Waals surface area contributed by atoms with Gasteiger partial charge in [0.15, 0.2) is 11.3 Å². The van der Waals surface area contributed by atoms with E-state index in [1.807, 2.05) is 15.5 Å².